The van der Waals surface area contributed by atoms with E-state index in [0.717, 1.165) is 32.4 Å². The summed E-state index contributed by atoms with van der Waals surface area (Å²) >= 11 is 0. The van der Waals surface area contributed by atoms with Gasteiger partial charge in [-0.15, -0.1) is 0 Å². The van der Waals surface area contributed by atoms with Gasteiger partial charge in [-0.3, -0.25) is 4.90 Å². The van der Waals surface area contributed by atoms with Crippen molar-refractivity contribution in [1.82, 2.24) is 4.90 Å². The van der Waals surface area contributed by atoms with Gasteiger partial charge in [-0.05, 0) is 31.8 Å². The first-order chi connectivity index (χ1) is 8.43. The van der Waals surface area contributed by atoms with Crippen molar-refractivity contribution >= 4 is 0 Å². The highest BCUT2D eigenvalue weighted by molar-refractivity contribution is 5.24. The van der Waals surface area contributed by atoms with Crippen LogP contribution in [-0.4, -0.2) is 30.7 Å². The van der Waals surface area contributed by atoms with E-state index in [-0.39, 0.29) is 5.92 Å². The van der Waals surface area contributed by atoms with Crippen LogP contribution in [0.2, 0.25) is 0 Å². The summed E-state index contributed by atoms with van der Waals surface area (Å²) in [4.78, 5) is 2.05. The zero-order chi connectivity index (χ0) is 13.6. The first kappa shape index (κ1) is 15.3. The molecule has 0 saturated heterocycles. The van der Waals surface area contributed by atoms with Gasteiger partial charge in [0.1, 0.15) is 0 Å². The molecular formula is C14H22F3N. The second-order valence-corrected chi connectivity index (χ2v) is 4.88. The summed E-state index contributed by atoms with van der Waals surface area (Å²) in [5.41, 5.74) is -0.519. The van der Waals surface area contributed by atoms with Gasteiger partial charge >= 0.3 is 6.18 Å². The first-order valence-electron chi connectivity index (χ1n) is 6.61. The molecule has 0 radical (unpaired) electrons. The van der Waals surface area contributed by atoms with Crippen LogP contribution in [0, 0.1) is 5.92 Å². The molecule has 0 saturated carbocycles. The summed E-state index contributed by atoms with van der Waals surface area (Å²) in [6.45, 7) is 6.01. The van der Waals surface area contributed by atoms with E-state index in [1.54, 1.807) is 6.08 Å². The Balaban J connectivity index is 2.86. The van der Waals surface area contributed by atoms with Crippen LogP contribution in [0.25, 0.3) is 0 Å². The summed E-state index contributed by atoms with van der Waals surface area (Å²) in [6, 6.07) is 0. The molecule has 0 aromatic carbocycles. The fraction of sp³-hybridized carbons (Fsp3) is 0.714. The molecule has 1 aliphatic heterocycles. The molecule has 1 unspecified atom stereocenters. The van der Waals surface area contributed by atoms with Crippen molar-refractivity contribution in [3.8, 4) is 0 Å². The lowest BCUT2D eigenvalue weighted by Crippen LogP contribution is -2.25. The monoisotopic (exact) mass is 261 g/mol. The normalized spacial score (nSPS) is 29.2. The molecule has 1 nitrogen and oxygen atoms in total. The molecule has 104 valence electrons. The fourth-order valence-electron chi connectivity index (χ4n) is 2.05. The average Bonchev–Trinajstić information content (AvgIpc) is 2.32. The molecule has 0 spiro atoms. The molecule has 1 atom stereocenters. The molecule has 0 bridgehead atoms. The van der Waals surface area contributed by atoms with Crippen LogP contribution < -0.4 is 0 Å². The highest BCUT2D eigenvalue weighted by Gasteiger charge is 2.31. The Hall–Kier alpha value is -0.770. The minimum absolute atomic E-state index is 0.212. The topological polar surface area (TPSA) is 3.24 Å². The summed E-state index contributed by atoms with van der Waals surface area (Å²) < 4.78 is 38.4. The van der Waals surface area contributed by atoms with E-state index < -0.39 is 11.7 Å². The minimum Gasteiger partial charge on any atom is -0.300 e. The van der Waals surface area contributed by atoms with Crippen molar-refractivity contribution in [2.24, 2.45) is 5.92 Å². The third-order valence-corrected chi connectivity index (χ3v) is 3.33. The van der Waals surface area contributed by atoms with Gasteiger partial charge in [0.2, 0.25) is 0 Å². The van der Waals surface area contributed by atoms with Crippen LogP contribution in [0.5, 0.6) is 0 Å². The van der Waals surface area contributed by atoms with Crippen LogP contribution in [0.4, 0.5) is 13.2 Å². The summed E-state index contributed by atoms with van der Waals surface area (Å²) in [5.74, 6) is 0.212. The van der Waals surface area contributed by atoms with Crippen molar-refractivity contribution in [2.45, 2.75) is 39.3 Å². The number of hydrogen-bond acceptors (Lipinski definition) is 1. The van der Waals surface area contributed by atoms with Crippen LogP contribution in [-0.2, 0) is 0 Å². The van der Waals surface area contributed by atoms with Gasteiger partial charge in [-0.1, -0.05) is 38.5 Å². The molecule has 0 aromatic heterocycles. The van der Waals surface area contributed by atoms with E-state index in [4.69, 9.17) is 0 Å². The van der Waals surface area contributed by atoms with Gasteiger partial charge < -0.3 is 0 Å². The van der Waals surface area contributed by atoms with Gasteiger partial charge in [-0.25, -0.2) is 0 Å². The van der Waals surface area contributed by atoms with Crippen LogP contribution >= 0.6 is 0 Å². The molecule has 18 heavy (non-hydrogen) atoms. The highest BCUT2D eigenvalue weighted by Crippen LogP contribution is 2.27. The maximum Gasteiger partial charge on any atom is 0.416 e. The van der Waals surface area contributed by atoms with Gasteiger partial charge in [0, 0.05) is 6.54 Å². The number of hydrogen-bond donors (Lipinski definition) is 0. The maximum atomic E-state index is 12.8. The number of allylic oxidation sites excluding steroid dienone is 3. The number of halogens is 3. The standard InChI is InChI=1S/C14H22F3N/c1-3-18-10-5-4-6-12(2)7-8-13(9-11-18)14(15,16)17/h7-9,12H,3-6,10-11H2,1-2H3/b8-7-,13-9+. The third-order valence-electron chi connectivity index (χ3n) is 3.33. The highest BCUT2D eigenvalue weighted by atomic mass is 19.4. The lowest BCUT2D eigenvalue weighted by atomic mass is 10.0. The minimum atomic E-state index is -4.25. The molecule has 0 aliphatic carbocycles. The van der Waals surface area contributed by atoms with E-state index in [1.165, 1.54) is 12.2 Å². The summed E-state index contributed by atoms with van der Waals surface area (Å²) in [6.07, 6.45) is 3.07. The molecule has 1 rings (SSSR count). The molecule has 0 amide bonds. The zero-order valence-electron chi connectivity index (χ0n) is 11.1. The predicted octanol–water partition coefficient (Wildman–Crippen LogP) is 4.17. The molecule has 0 aromatic rings. The number of rotatable bonds is 1. The Morgan fingerprint density at radius 3 is 2.67 bits per heavy atom. The third kappa shape index (κ3) is 5.25. The van der Waals surface area contributed by atoms with Gasteiger partial charge in [0.05, 0.1) is 5.57 Å². The summed E-state index contributed by atoms with van der Waals surface area (Å²) in [7, 11) is 0. The van der Waals surface area contributed by atoms with E-state index in [1.807, 2.05) is 13.8 Å². The van der Waals surface area contributed by atoms with Crippen LogP contribution in [0.1, 0.15) is 33.1 Å². The van der Waals surface area contributed by atoms with E-state index in [2.05, 4.69) is 4.90 Å². The Kier molecular flexibility index (Phi) is 5.93. The maximum absolute atomic E-state index is 12.8. The second-order valence-electron chi connectivity index (χ2n) is 4.88. The zero-order valence-corrected chi connectivity index (χ0v) is 11.1. The number of alkyl halides is 3. The molecule has 0 N–H and O–H groups in total. The quantitative estimate of drug-likeness (QED) is 0.684. The van der Waals surface area contributed by atoms with Gasteiger partial charge in [0.15, 0.2) is 0 Å². The number of nitrogens with zero attached hydrogens (tertiary/aromatic N) is 1. The smallest absolute Gasteiger partial charge is 0.300 e. The molecule has 0 fully saturated rings. The molecule has 4 heteroatoms. The van der Waals surface area contributed by atoms with Gasteiger partial charge in [-0.2, -0.15) is 13.2 Å². The van der Waals surface area contributed by atoms with E-state index in [9.17, 15) is 13.2 Å². The first-order valence-corrected chi connectivity index (χ1v) is 6.61. The number of likely N-dealkylation sites (N-methyl/N-ethyl adjacent to an activating group) is 1. The van der Waals surface area contributed by atoms with Crippen molar-refractivity contribution in [2.75, 3.05) is 19.6 Å². The van der Waals surface area contributed by atoms with Crippen molar-refractivity contribution in [3.63, 3.8) is 0 Å². The van der Waals surface area contributed by atoms with Crippen molar-refractivity contribution < 1.29 is 13.2 Å². The van der Waals surface area contributed by atoms with Gasteiger partial charge in [0.25, 0.3) is 0 Å². The average molecular weight is 261 g/mol. The molecule has 1 heterocycles. The molecular weight excluding hydrogens is 239 g/mol. The lowest BCUT2D eigenvalue weighted by Gasteiger charge is -2.19. The SMILES string of the molecule is CCN1C/C=C(C(F)(F)F)\C=C/C(C)CCCC1. The molecule has 1 aliphatic rings. The van der Waals surface area contributed by atoms with Crippen molar-refractivity contribution in [3.05, 3.63) is 23.8 Å². The van der Waals surface area contributed by atoms with Crippen molar-refractivity contribution in [1.29, 1.82) is 0 Å². The predicted molar refractivity (Wildman–Crippen MR) is 68.4 cm³/mol. The van der Waals surface area contributed by atoms with Crippen LogP contribution in [0.15, 0.2) is 23.8 Å². The Bertz CT molecular complexity index is 305. The van der Waals surface area contributed by atoms with Crippen LogP contribution in [0.3, 0.4) is 0 Å². The second kappa shape index (κ2) is 6.98. The Morgan fingerprint density at radius 2 is 2.06 bits per heavy atom. The largest absolute Gasteiger partial charge is 0.416 e. The fourth-order valence-corrected chi connectivity index (χ4v) is 2.05. The van der Waals surface area contributed by atoms with E-state index in [0.29, 0.717) is 6.54 Å². The Morgan fingerprint density at radius 1 is 1.33 bits per heavy atom. The van der Waals surface area contributed by atoms with E-state index >= 15 is 0 Å². The summed E-state index contributed by atoms with van der Waals surface area (Å²) in [5, 5.41) is 0. The lowest BCUT2D eigenvalue weighted by molar-refractivity contribution is -0.0885. The Labute approximate surface area is 107 Å².